The number of halogens is 1. The Bertz CT molecular complexity index is 774. The highest BCUT2D eigenvalue weighted by Crippen LogP contribution is 2.20. The fourth-order valence-corrected chi connectivity index (χ4v) is 2.54. The van der Waals surface area contributed by atoms with Crippen LogP contribution < -0.4 is 5.32 Å². The molecule has 0 saturated heterocycles. The Kier molecular flexibility index (Phi) is 4.15. The van der Waals surface area contributed by atoms with E-state index < -0.39 is 0 Å². The van der Waals surface area contributed by atoms with Gasteiger partial charge in [0.05, 0.1) is 6.20 Å². The fourth-order valence-electron chi connectivity index (χ4n) is 1.78. The summed E-state index contributed by atoms with van der Waals surface area (Å²) in [4.78, 5) is 24.4. The number of nitrogens with one attached hydrogen (secondary N) is 1. The van der Waals surface area contributed by atoms with Crippen LogP contribution in [0.4, 0.5) is 4.39 Å². The fraction of sp³-hybridized carbons (Fsp3) is 0.0667. The standard InChI is InChI=1S/C15H11FN4OS/c16-11-3-1-10(2-4-11)7-19-14(21)13-9-22-15(20-13)12-8-17-5-6-18-12/h1-6,8-9H,7H2,(H,19,21). The van der Waals surface area contributed by atoms with Crippen LogP contribution in [0.25, 0.3) is 10.7 Å². The van der Waals surface area contributed by atoms with Gasteiger partial charge in [-0.05, 0) is 17.7 Å². The summed E-state index contributed by atoms with van der Waals surface area (Å²) in [6, 6.07) is 5.97. The van der Waals surface area contributed by atoms with Crippen molar-refractivity contribution in [2.45, 2.75) is 6.54 Å². The van der Waals surface area contributed by atoms with E-state index in [4.69, 9.17) is 0 Å². The number of amides is 1. The van der Waals surface area contributed by atoms with Crippen LogP contribution in [0.15, 0.2) is 48.2 Å². The molecule has 0 aliphatic rings. The molecule has 0 bridgehead atoms. The second-order valence-electron chi connectivity index (χ2n) is 4.44. The summed E-state index contributed by atoms with van der Waals surface area (Å²) in [6.45, 7) is 0.317. The van der Waals surface area contributed by atoms with Gasteiger partial charge in [-0.15, -0.1) is 11.3 Å². The minimum Gasteiger partial charge on any atom is -0.347 e. The van der Waals surface area contributed by atoms with E-state index in [0.717, 1.165) is 5.56 Å². The number of carbonyl (C=O) groups is 1. The van der Waals surface area contributed by atoms with Crippen molar-refractivity contribution in [1.29, 1.82) is 0 Å². The molecular weight excluding hydrogens is 303 g/mol. The Morgan fingerprint density at radius 2 is 2.05 bits per heavy atom. The van der Waals surface area contributed by atoms with Crippen molar-refractivity contribution in [3.05, 3.63) is 65.3 Å². The molecule has 7 heteroatoms. The predicted octanol–water partition coefficient (Wildman–Crippen LogP) is 2.67. The summed E-state index contributed by atoms with van der Waals surface area (Å²) >= 11 is 1.33. The van der Waals surface area contributed by atoms with Gasteiger partial charge in [0.1, 0.15) is 22.2 Å². The average Bonchev–Trinajstić information content (AvgIpc) is 3.05. The third-order valence-electron chi connectivity index (χ3n) is 2.89. The van der Waals surface area contributed by atoms with E-state index in [9.17, 15) is 9.18 Å². The highest BCUT2D eigenvalue weighted by atomic mass is 32.1. The lowest BCUT2D eigenvalue weighted by Crippen LogP contribution is -2.23. The molecule has 0 unspecified atom stereocenters. The maximum atomic E-state index is 12.8. The quantitative estimate of drug-likeness (QED) is 0.804. The molecule has 3 rings (SSSR count). The summed E-state index contributed by atoms with van der Waals surface area (Å²) in [5.74, 6) is -0.584. The van der Waals surface area contributed by atoms with Crippen molar-refractivity contribution < 1.29 is 9.18 Å². The first-order valence-electron chi connectivity index (χ1n) is 6.47. The van der Waals surface area contributed by atoms with E-state index >= 15 is 0 Å². The number of carbonyl (C=O) groups excluding carboxylic acids is 1. The molecule has 0 spiro atoms. The van der Waals surface area contributed by atoms with Gasteiger partial charge in [0.25, 0.3) is 5.91 Å². The normalized spacial score (nSPS) is 10.4. The van der Waals surface area contributed by atoms with Gasteiger partial charge in [0.2, 0.25) is 0 Å². The maximum absolute atomic E-state index is 12.8. The van der Waals surface area contributed by atoms with Gasteiger partial charge in [-0.3, -0.25) is 14.8 Å². The Hall–Kier alpha value is -2.67. The molecule has 0 aliphatic heterocycles. The number of thiazole rings is 1. The third kappa shape index (κ3) is 3.32. The number of aromatic nitrogens is 3. The highest BCUT2D eigenvalue weighted by molar-refractivity contribution is 7.13. The molecule has 1 aromatic carbocycles. The Balaban J connectivity index is 1.66. The van der Waals surface area contributed by atoms with Crippen LogP contribution in [0.3, 0.4) is 0 Å². The summed E-state index contributed by atoms with van der Waals surface area (Å²) in [7, 11) is 0. The number of hydrogen-bond acceptors (Lipinski definition) is 5. The molecule has 3 aromatic rings. The minimum atomic E-state index is -0.303. The Labute approximate surface area is 129 Å². The molecular formula is C15H11FN4OS. The van der Waals surface area contributed by atoms with Gasteiger partial charge in [-0.1, -0.05) is 12.1 Å². The van der Waals surface area contributed by atoms with Gasteiger partial charge in [-0.2, -0.15) is 0 Å². The van der Waals surface area contributed by atoms with E-state index in [0.29, 0.717) is 22.9 Å². The first-order valence-corrected chi connectivity index (χ1v) is 7.35. The summed E-state index contributed by atoms with van der Waals surface area (Å²) in [6.07, 6.45) is 4.75. The van der Waals surface area contributed by atoms with E-state index in [1.807, 2.05) is 0 Å². The minimum absolute atomic E-state index is 0.282. The van der Waals surface area contributed by atoms with Crippen LogP contribution in [-0.4, -0.2) is 20.9 Å². The van der Waals surface area contributed by atoms with Crippen LogP contribution in [-0.2, 0) is 6.54 Å². The zero-order valence-corrected chi connectivity index (χ0v) is 12.2. The number of benzene rings is 1. The van der Waals surface area contributed by atoms with Crippen LogP contribution >= 0.6 is 11.3 Å². The second kappa shape index (κ2) is 6.40. The molecule has 0 atom stereocenters. The molecule has 0 fully saturated rings. The van der Waals surface area contributed by atoms with Crippen LogP contribution in [0.2, 0.25) is 0 Å². The lowest BCUT2D eigenvalue weighted by Gasteiger charge is -2.03. The number of hydrogen-bond donors (Lipinski definition) is 1. The molecule has 5 nitrogen and oxygen atoms in total. The van der Waals surface area contributed by atoms with Crippen molar-refractivity contribution in [3.8, 4) is 10.7 Å². The Morgan fingerprint density at radius 1 is 1.23 bits per heavy atom. The molecule has 22 heavy (non-hydrogen) atoms. The Morgan fingerprint density at radius 3 is 2.77 bits per heavy atom. The van der Waals surface area contributed by atoms with E-state index in [2.05, 4.69) is 20.3 Å². The maximum Gasteiger partial charge on any atom is 0.271 e. The zero-order chi connectivity index (χ0) is 15.4. The molecule has 0 radical (unpaired) electrons. The lowest BCUT2D eigenvalue weighted by atomic mass is 10.2. The van der Waals surface area contributed by atoms with E-state index in [-0.39, 0.29) is 11.7 Å². The lowest BCUT2D eigenvalue weighted by molar-refractivity contribution is 0.0946. The zero-order valence-electron chi connectivity index (χ0n) is 11.4. The van der Waals surface area contributed by atoms with Gasteiger partial charge < -0.3 is 5.32 Å². The summed E-state index contributed by atoms with van der Waals surface area (Å²) in [5, 5.41) is 5.06. The molecule has 0 aliphatic carbocycles. The number of nitrogens with zero attached hydrogens (tertiary/aromatic N) is 3. The van der Waals surface area contributed by atoms with Crippen LogP contribution in [0.5, 0.6) is 0 Å². The monoisotopic (exact) mass is 314 g/mol. The molecule has 1 amide bonds. The third-order valence-corrected chi connectivity index (χ3v) is 3.75. The molecule has 0 saturated carbocycles. The van der Waals surface area contributed by atoms with E-state index in [1.54, 1.807) is 36.1 Å². The van der Waals surface area contributed by atoms with Crippen molar-refractivity contribution in [1.82, 2.24) is 20.3 Å². The molecule has 110 valence electrons. The predicted molar refractivity (Wildman–Crippen MR) is 80.7 cm³/mol. The van der Waals surface area contributed by atoms with Gasteiger partial charge in [0, 0.05) is 24.3 Å². The largest absolute Gasteiger partial charge is 0.347 e. The van der Waals surface area contributed by atoms with Crippen molar-refractivity contribution in [3.63, 3.8) is 0 Å². The SMILES string of the molecule is O=C(NCc1ccc(F)cc1)c1csc(-c2cnccn2)n1. The van der Waals surface area contributed by atoms with Crippen molar-refractivity contribution in [2.75, 3.05) is 0 Å². The first kappa shape index (κ1) is 14.3. The van der Waals surface area contributed by atoms with Crippen LogP contribution in [0, 0.1) is 5.82 Å². The summed E-state index contributed by atoms with van der Waals surface area (Å²) in [5.41, 5.74) is 1.77. The highest BCUT2D eigenvalue weighted by Gasteiger charge is 2.12. The first-order chi connectivity index (χ1) is 10.7. The van der Waals surface area contributed by atoms with Crippen molar-refractivity contribution >= 4 is 17.2 Å². The second-order valence-corrected chi connectivity index (χ2v) is 5.30. The van der Waals surface area contributed by atoms with Gasteiger partial charge in [0.15, 0.2) is 0 Å². The molecule has 2 heterocycles. The van der Waals surface area contributed by atoms with E-state index in [1.165, 1.54) is 23.5 Å². The molecule has 2 aromatic heterocycles. The topological polar surface area (TPSA) is 67.8 Å². The summed E-state index contributed by atoms with van der Waals surface area (Å²) < 4.78 is 12.8. The molecule has 1 N–H and O–H groups in total. The average molecular weight is 314 g/mol. The van der Waals surface area contributed by atoms with Crippen molar-refractivity contribution in [2.24, 2.45) is 0 Å². The van der Waals surface area contributed by atoms with Gasteiger partial charge in [-0.25, -0.2) is 9.37 Å². The van der Waals surface area contributed by atoms with Crippen LogP contribution in [0.1, 0.15) is 16.1 Å². The smallest absolute Gasteiger partial charge is 0.271 e. The van der Waals surface area contributed by atoms with Gasteiger partial charge >= 0.3 is 0 Å². The number of rotatable bonds is 4.